The van der Waals surface area contributed by atoms with E-state index in [2.05, 4.69) is 5.10 Å². The van der Waals surface area contributed by atoms with Gasteiger partial charge in [-0.25, -0.2) is 9.18 Å². The van der Waals surface area contributed by atoms with Gasteiger partial charge in [0.1, 0.15) is 12.4 Å². The van der Waals surface area contributed by atoms with Gasteiger partial charge in [-0.15, -0.1) is 5.10 Å². The molecule has 1 saturated heterocycles. The number of imide groups is 1. The Morgan fingerprint density at radius 2 is 2.00 bits per heavy atom. The van der Waals surface area contributed by atoms with E-state index in [0.29, 0.717) is 24.9 Å². The van der Waals surface area contributed by atoms with Crippen molar-refractivity contribution in [3.63, 3.8) is 0 Å². The Morgan fingerprint density at radius 1 is 1.27 bits per heavy atom. The van der Waals surface area contributed by atoms with Crippen molar-refractivity contribution in [1.29, 1.82) is 0 Å². The highest BCUT2D eigenvalue weighted by Crippen LogP contribution is 2.16. The maximum absolute atomic E-state index is 12.9. The molecule has 3 rings (SSSR count). The maximum atomic E-state index is 12.9. The first-order valence-electron chi connectivity index (χ1n) is 6.71. The molecule has 0 atom stereocenters. The summed E-state index contributed by atoms with van der Waals surface area (Å²) in [7, 11) is 0. The van der Waals surface area contributed by atoms with E-state index in [-0.39, 0.29) is 18.3 Å². The van der Waals surface area contributed by atoms with Crippen LogP contribution in [0.25, 0.3) is 11.5 Å². The van der Waals surface area contributed by atoms with Crippen LogP contribution in [0.1, 0.15) is 12.8 Å². The Bertz CT molecular complexity index is 778. The SMILES string of the molecule is O=C1CCCN1C(=O)Cn1nc(-c2ccc(F)cc2)oc1=O. The van der Waals surface area contributed by atoms with Crippen molar-refractivity contribution in [3.8, 4) is 11.5 Å². The second-order valence-corrected chi connectivity index (χ2v) is 4.88. The summed E-state index contributed by atoms with van der Waals surface area (Å²) in [6.07, 6.45) is 0.958. The van der Waals surface area contributed by atoms with Crippen molar-refractivity contribution in [2.75, 3.05) is 6.54 Å². The molecule has 7 nitrogen and oxygen atoms in total. The fourth-order valence-electron chi connectivity index (χ4n) is 2.24. The number of benzene rings is 1. The minimum atomic E-state index is -0.806. The van der Waals surface area contributed by atoms with Crippen LogP contribution < -0.4 is 5.76 Å². The van der Waals surface area contributed by atoms with Gasteiger partial charge in [0.05, 0.1) is 0 Å². The fourth-order valence-corrected chi connectivity index (χ4v) is 2.24. The summed E-state index contributed by atoms with van der Waals surface area (Å²) in [5.74, 6) is -1.98. The second-order valence-electron chi connectivity index (χ2n) is 4.88. The van der Waals surface area contributed by atoms with E-state index >= 15 is 0 Å². The standard InChI is InChI=1S/C14H12FN3O4/c15-10-5-3-9(4-6-10)13-16-18(14(21)22-13)8-12(20)17-7-1-2-11(17)19/h3-6H,1-2,7-8H2. The summed E-state index contributed by atoms with van der Waals surface area (Å²) in [4.78, 5) is 36.3. The number of hydrogen-bond donors (Lipinski definition) is 0. The average molecular weight is 305 g/mol. The molecule has 1 fully saturated rings. The van der Waals surface area contributed by atoms with Crippen LogP contribution >= 0.6 is 0 Å². The first-order valence-corrected chi connectivity index (χ1v) is 6.71. The van der Waals surface area contributed by atoms with Gasteiger partial charge >= 0.3 is 5.76 Å². The molecule has 22 heavy (non-hydrogen) atoms. The lowest BCUT2D eigenvalue weighted by Gasteiger charge is -2.12. The second kappa shape index (κ2) is 5.55. The summed E-state index contributed by atoms with van der Waals surface area (Å²) >= 11 is 0. The molecular weight excluding hydrogens is 293 g/mol. The van der Waals surface area contributed by atoms with E-state index in [4.69, 9.17) is 4.42 Å². The van der Waals surface area contributed by atoms with Crippen LogP contribution in [0.2, 0.25) is 0 Å². The third-order valence-electron chi connectivity index (χ3n) is 3.36. The number of aromatic nitrogens is 2. The number of carbonyl (C=O) groups excluding carboxylic acids is 2. The molecular formula is C14H12FN3O4. The van der Waals surface area contributed by atoms with Gasteiger partial charge in [0.15, 0.2) is 0 Å². The molecule has 0 unspecified atom stereocenters. The number of likely N-dealkylation sites (tertiary alicyclic amines) is 1. The third kappa shape index (κ3) is 2.67. The molecule has 1 aromatic heterocycles. The Labute approximate surface area is 123 Å². The highest BCUT2D eigenvalue weighted by Gasteiger charge is 2.27. The minimum absolute atomic E-state index is 0.00875. The molecule has 0 saturated carbocycles. The zero-order valence-corrected chi connectivity index (χ0v) is 11.5. The fraction of sp³-hybridized carbons (Fsp3) is 0.286. The Hall–Kier alpha value is -2.77. The third-order valence-corrected chi connectivity index (χ3v) is 3.36. The Morgan fingerprint density at radius 3 is 2.64 bits per heavy atom. The zero-order valence-electron chi connectivity index (χ0n) is 11.5. The van der Waals surface area contributed by atoms with E-state index < -0.39 is 17.5 Å². The number of hydrogen-bond acceptors (Lipinski definition) is 5. The molecule has 1 aliphatic rings. The largest absolute Gasteiger partial charge is 0.437 e. The molecule has 1 aliphatic heterocycles. The predicted octanol–water partition coefficient (Wildman–Crippen LogP) is 0.791. The molecule has 0 N–H and O–H groups in total. The molecule has 0 aliphatic carbocycles. The lowest BCUT2D eigenvalue weighted by atomic mass is 10.2. The smallest absolute Gasteiger partial charge is 0.388 e. The van der Waals surface area contributed by atoms with Crippen molar-refractivity contribution >= 4 is 11.8 Å². The first-order chi connectivity index (χ1) is 10.5. The topological polar surface area (TPSA) is 85.4 Å². The Balaban J connectivity index is 1.80. The Kier molecular flexibility index (Phi) is 3.58. The molecule has 0 spiro atoms. The van der Waals surface area contributed by atoms with Crippen molar-refractivity contribution in [2.24, 2.45) is 0 Å². The molecule has 2 heterocycles. The zero-order chi connectivity index (χ0) is 15.7. The summed E-state index contributed by atoms with van der Waals surface area (Å²) in [5, 5.41) is 3.90. The van der Waals surface area contributed by atoms with Crippen molar-refractivity contribution in [1.82, 2.24) is 14.7 Å². The number of amides is 2. The molecule has 2 aromatic rings. The summed E-state index contributed by atoms with van der Waals surface area (Å²) in [6.45, 7) is -0.00957. The molecule has 114 valence electrons. The average Bonchev–Trinajstić information content (AvgIpc) is 3.06. The van der Waals surface area contributed by atoms with Gasteiger partial charge in [0.2, 0.25) is 11.8 Å². The summed E-state index contributed by atoms with van der Waals surface area (Å²) in [5.41, 5.74) is 0.418. The van der Waals surface area contributed by atoms with E-state index in [1.165, 1.54) is 24.3 Å². The van der Waals surface area contributed by atoms with Crippen LogP contribution in [-0.2, 0) is 16.1 Å². The van der Waals surface area contributed by atoms with Crippen LogP contribution in [0.3, 0.4) is 0 Å². The van der Waals surface area contributed by atoms with E-state index in [0.717, 1.165) is 9.58 Å². The number of nitrogens with zero attached hydrogens (tertiary/aromatic N) is 3. The summed E-state index contributed by atoms with van der Waals surface area (Å²) in [6, 6.07) is 5.25. The lowest BCUT2D eigenvalue weighted by Crippen LogP contribution is -2.36. The van der Waals surface area contributed by atoms with Crippen molar-refractivity contribution in [2.45, 2.75) is 19.4 Å². The van der Waals surface area contributed by atoms with Gasteiger partial charge in [0.25, 0.3) is 5.91 Å². The maximum Gasteiger partial charge on any atom is 0.437 e. The van der Waals surface area contributed by atoms with Gasteiger partial charge in [-0.05, 0) is 30.7 Å². The van der Waals surface area contributed by atoms with Gasteiger partial charge in [0, 0.05) is 18.5 Å². The van der Waals surface area contributed by atoms with Crippen LogP contribution in [0.15, 0.2) is 33.5 Å². The highest BCUT2D eigenvalue weighted by atomic mass is 19.1. The monoisotopic (exact) mass is 305 g/mol. The van der Waals surface area contributed by atoms with Crippen molar-refractivity contribution in [3.05, 3.63) is 40.6 Å². The van der Waals surface area contributed by atoms with Gasteiger partial charge in [-0.3, -0.25) is 14.5 Å². The normalized spacial score (nSPS) is 14.6. The quantitative estimate of drug-likeness (QED) is 0.837. The van der Waals surface area contributed by atoms with E-state index in [1.807, 2.05) is 0 Å². The molecule has 1 aromatic carbocycles. The van der Waals surface area contributed by atoms with Crippen LogP contribution in [-0.4, -0.2) is 33.0 Å². The molecule has 0 bridgehead atoms. The minimum Gasteiger partial charge on any atom is -0.388 e. The summed E-state index contributed by atoms with van der Waals surface area (Å²) < 4.78 is 18.7. The highest BCUT2D eigenvalue weighted by molar-refractivity contribution is 5.96. The number of carbonyl (C=O) groups is 2. The molecule has 2 amide bonds. The van der Waals surface area contributed by atoms with E-state index in [9.17, 15) is 18.8 Å². The van der Waals surface area contributed by atoms with Crippen LogP contribution in [0.4, 0.5) is 4.39 Å². The van der Waals surface area contributed by atoms with Gasteiger partial charge in [-0.2, -0.15) is 4.68 Å². The molecule has 8 heteroatoms. The van der Waals surface area contributed by atoms with Gasteiger partial charge < -0.3 is 4.42 Å². The number of rotatable bonds is 3. The number of halogens is 1. The van der Waals surface area contributed by atoms with Crippen LogP contribution in [0, 0.1) is 5.82 Å². The van der Waals surface area contributed by atoms with Crippen molar-refractivity contribution < 1.29 is 18.4 Å². The van der Waals surface area contributed by atoms with Gasteiger partial charge in [-0.1, -0.05) is 0 Å². The lowest BCUT2D eigenvalue weighted by molar-refractivity contribution is -0.142. The first kappa shape index (κ1) is 14.2. The molecule has 0 radical (unpaired) electrons. The van der Waals surface area contributed by atoms with Crippen LogP contribution in [0.5, 0.6) is 0 Å². The van der Waals surface area contributed by atoms with E-state index in [1.54, 1.807) is 0 Å². The predicted molar refractivity (Wildman–Crippen MR) is 72.1 cm³/mol.